The molecule has 2 rings (SSSR count). The third-order valence-corrected chi connectivity index (χ3v) is 3.37. The highest BCUT2D eigenvalue weighted by atomic mass is 79.9. The quantitative estimate of drug-likeness (QED) is 0.847. The van der Waals surface area contributed by atoms with Crippen LogP contribution in [0.3, 0.4) is 0 Å². The maximum Gasteiger partial charge on any atom is 0.255 e. The van der Waals surface area contributed by atoms with Crippen molar-refractivity contribution in [1.29, 1.82) is 0 Å². The SMILES string of the molecule is COc1ccc(CN(C)C(=O)c2cncc(Br)c2)cc1F. The average Bonchev–Trinajstić information content (AvgIpc) is 2.46. The molecule has 0 aliphatic heterocycles. The number of carbonyl (C=O) groups excluding carboxylic acids is 1. The monoisotopic (exact) mass is 352 g/mol. The Labute approximate surface area is 130 Å². The number of hydrogen-bond donors (Lipinski definition) is 0. The Morgan fingerprint density at radius 3 is 2.76 bits per heavy atom. The Hall–Kier alpha value is -1.95. The van der Waals surface area contributed by atoms with E-state index in [2.05, 4.69) is 20.9 Å². The van der Waals surface area contributed by atoms with Crippen molar-refractivity contribution in [3.63, 3.8) is 0 Å². The van der Waals surface area contributed by atoms with E-state index in [-0.39, 0.29) is 11.7 Å². The number of amides is 1. The van der Waals surface area contributed by atoms with E-state index in [1.807, 2.05) is 0 Å². The molecule has 21 heavy (non-hydrogen) atoms. The number of rotatable bonds is 4. The highest BCUT2D eigenvalue weighted by Crippen LogP contribution is 2.19. The van der Waals surface area contributed by atoms with Crippen molar-refractivity contribution in [2.75, 3.05) is 14.2 Å². The van der Waals surface area contributed by atoms with Crippen LogP contribution >= 0.6 is 15.9 Å². The number of nitrogens with zero attached hydrogens (tertiary/aromatic N) is 2. The van der Waals surface area contributed by atoms with E-state index in [0.717, 1.165) is 4.47 Å². The highest BCUT2D eigenvalue weighted by Gasteiger charge is 2.13. The summed E-state index contributed by atoms with van der Waals surface area (Å²) in [6.07, 6.45) is 3.10. The van der Waals surface area contributed by atoms with E-state index in [1.165, 1.54) is 24.3 Å². The number of aromatic nitrogens is 1. The van der Waals surface area contributed by atoms with Gasteiger partial charge < -0.3 is 9.64 Å². The second-order valence-corrected chi connectivity index (χ2v) is 5.44. The van der Waals surface area contributed by atoms with Gasteiger partial charge >= 0.3 is 0 Å². The summed E-state index contributed by atoms with van der Waals surface area (Å²) in [5.41, 5.74) is 1.16. The van der Waals surface area contributed by atoms with Gasteiger partial charge in [-0.15, -0.1) is 0 Å². The molecule has 0 N–H and O–H groups in total. The van der Waals surface area contributed by atoms with Crippen LogP contribution < -0.4 is 4.74 Å². The van der Waals surface area contributed by atoms with Gasteiger partial charge in [0, 0.05) is 30.5 Å². The molecule has 0 bridgehead atoms. The summed E-state index contributed by atoms with van der Waals surface area (Å²) in [7, 11) is 3.07. The van der Waals surface area contributed by atoms with E-state index in [0.29, 0.717) is 17.7 Å². The fourth-order valence-corrected chi connectivity index (χ4v) is 2.27. The van der Waals surface area contributed by atoms with Gasteiger partial charge in [-0.1, -0.05) is 6.07 Å². The van der Waals surface area contributed by atoms with Gasteiger partial charge in [0.1, 0.15) is 0 Å². The lowest BCUT2D eigenvalue weighted by atomic mass is 10.2. The molecule has 1 heterocycles. The Morgan fingerprint density at radius 1 is 1.38 bits per heavy atom. The first-order valence-electron chi connectivity index (χ1n) is 6.19. The van der Waals surface area contributed by atoms with Gasteiger partial charge in [0.25, 0.3) is 5.91 Å². The standard InChI is InChI=1S/C15H14BrFN2O2/c1-19(15(20)11-6-12(16)8-18-7-11)9-10-3-4-14(21-2)13(17)5-10/h3-8H,9H2,1-2H3. The molecule has 0 atom stereocenters. The van der Waals surface area contributed by atoms with Gasteiger partial charge in [-0.2, -0.15) is 0 Å². The van der Waals surface area contributed by atoms with Crippen molar-refractivity contribution < 1.29 is 13.9 Å². The fraction of sp³-hybridized carbons (Fsp3) is 0.200. The minimum absolute atomic E-state index is 0.181. The molecule has 0 saturated carbocycles. The van der Waals surface area contributed by atoms with Crippen LogP contribution in [0.5, 0.6) is 5.75 Å². The van der Waals surface area contributed by atoms with Crippen molar-refractivity contribution in [3.8, 4) is 5.75 Å². The first-order chi connectivity index (χ1) is 10.0. The van der Waals surface area contributed by atoms with Gasteiger partial charge in [-0.25, -0.2) is 4.39 Å². The maximum absolute atomic E-state index is 13.6. The third kappa shape index (κ3) is 3.78. The summed E-state index contributed by atoms with van der Waals surface area (Å²) in [6.45, 7) is 0.298. The van der Waals surface area contributed by atoms with E-state index in [1.54, 1.807) is 31.4 Å². The Bertz CT molecular complexity index is 664. The first kappa shape index (κ1) is 15.4. The normalized spacial score (nSPS) is 10.3. The number of ether oxygens (including phenoxy) is 1. The lowest BCUT2D eigenvalue weighted by molar-refractivity contribution is 0.0784. The lowest BCUT2D eigenvalue weighted by Gasteiger charge is -2.17. The molecule has 1 aromatic carbocycles. The smallest absolute Gasteiger partial charge is 0.255 e. The number of pyridine rings is 1. The van der Waals surface area contributed by atoms with Crippen molar-refractivity contribution in [3.05, 3.63) is 58.1 Å². The third-order valence-electron chi connectivity index (χ3n) is 2.93. The number of carbonyl (C=O) groups is 1. The Kier molecular flexibility index (Phi) is 4.90. The fourth-order valence-electron chi connectivity index (χ4n) is 1.90. The number of benzene rings is 1. The van der Waals surface area contributed by atoms with Crippen LogP contribution in [0.2, 0.25) is 0 Å². The molecule has 1 aromatic heterocycles. The van der Waals surface area contributed by atoms with Crippen molar-refractivity contribution in [1.82, 2.24) is 9.88 Å². The zero-order chi connectivity index (χ0) is 15.4. The van der Waals surface area contributed by atoms with Gasteiger partial charge in [-0.05, 0) is 39.7 Å². The van der Waals surface area contributed by atoms with Crippen LogP contribution in [-0.2, 0) is 6.54 Å². The summed E-state index contributed by atoms with van der Waals surface area (Å²) in [5.74, 6) is -0.441. The van der Waals surface area contributed by atoms with Gasteiger partial charge in [-0.3, -0.25) is 9.78 Å². The van der Waals surface area contributed by atoms with E-state index in [4.69, 9.17) is 4.74 Å². The Morgan fingerprint density at radius 2 is 2.14 bits per heavy atom. The molecule has 110 valence electrons. The van der Waals surface area contributed by atoms with Crippen molar-refractivity contribution >= 4 is 21.8 Å². The van der Waals surface area contributed by atoms with Crippen LogP contribution in [-0.4, -0.2) is 29.9 Å². The highest BCUT2D eigenvalue weighted by molar-refractivity contribution is 9.10. The molecule has 4 nitrogen and oxygen atoms in total. The number of methoxy groups -OCH3 is 1. The second-order valence-electron chi connectivity index (χ2n) is 4.52. The average molecular weight is 353 g/mol. The van der Waals surface area contributed by atoms with Crippen molar-refractivity contribution in [2.24, 2.45) is 0 Å². The largest absolute Gasteiger partial charge is 0.494 e. The second kappa shape index (κ2) is 6.67. The van der Waals surface area contributed by atoms with E-state index >= 15 is 0 Å². The Balaban J connectivity index is 2.12. The summed E-state index contributed by atoms with van der Waals surface area (Å²) >= 11 is 3.28. The summed E-state index contributed by atoms with van der Waals surface area (Å²) < 4.78 is 19.2. The number of halogens is 2. The summed E-state index contributed by atoms with van der Waals surface area (Å²) in [4.78, 5) is 17.7. The molecule has 0 fully saturated rings. The summed E-state index contributed by atoms with van der Waals surface area (Å²) in [5, 5.41) is 0. The topological polar surface area (TPSA) is 42.4 Å². The molecular formula is C15H14BrFN2O2. The molecule has 6 heteroatoms. The predicted octanol–water partition coefficient (Wildman–Crippen LogP) is 3.26. The van der Waals surface area contributed by atoms with E-state index < -0.39 is 5.82 Å². The van der Waals surface area contributed by atoms with Gasteiger partial charge in [0.2, 0.25) is 0 Å². The summed E-state index contributed by atoms with van der Waals surface area (Å²) in [6, 6.07) is 6.33. The molecular weight excluding hydrogens is 339 g/mol. The van der Waals surface area contributed by atoms with Crippen LogP contribution in [0, 0.1) is 5.82 Å². The van der Waals surface area contributed by atoms with Crippen molar-refractivity contribution in [2.45, 2.75) is 6.54 Å². The molecule has 0 aliphatic carbocycles. The van der Waals surface area contributed by atoms with Crippen LogP contribution in [0.1, 0.15) is 15.9 Å². The molecule has 0 aliphatic rings. The van der Waals surface area contributed by atoms with Crippen LogP contribution in [0.15, 0.2) is 41.1 Å². The molecule has 0 radical (unpaired) electrons. The molecule has 1 amide bonds. The van der Waals surface area contributed by atoms with Crippen LogP contribution in [0.4, 0.5) is 4.39 Å². The molecule has 2 aromatic rings. The molecule has 0 spiro atoms. The van der Waals surface area contributed by atoms with Crippen LogP contribution in [0.25, 0.3) is 0 Å². The van der Waals surface area contributed by atoms with E-state index in [9.17, 15) is 9.18 Å². The lowest BCUT2D eigenvalue weighted by Crippen LogP contribution is -2.26. The first-order valence-corrected chi connectivity index (χ1v) is 6.99. The number of hydrogen-bond acceptors (Lipinski definition) is 3. The zero-order valence-corrected chi connectivity index (χ0v) is 13.2. The predicted molar refractivity (Wildman–Crippen MR) is 80.7 cm³/mol. The van der Waals surface area contributed by atoms with Gasteiger partial charge in [0.05, 0.1) is 12.7 Å². The molecule has 0 saturated heterocycles. The van der Waals surface area contributed by atoms with Gasteiger partial charge in [0.15, 0.2) is 11.6 Å². The zero-order valence-electron chi connectivity index (χ0n) is 11.6. The maximum atomic E-state index is 13.6. The molecule has 0 unspecified atom stereocenters. The minimum atomic E-state index is -0.444. The minimum Gasteiger partial charge on any atom is -0.494 e.